The second-order valence-electron chi connectivity index (χ2n) is 6.47. The molecule has 4 rings (SSSR count). The zero-order chi connectivity index (χ0) is 20.4. The fraction of sp³-hybridized carbons (Fsp3) is 0.0909. The van der Waals surface area contributed by atoms with Crippen molar-refractivity contribution < 1.29 is 18.3 Å². The lowest BCUT2D eigenvalue weighted by molar-refractivity contribution is -0.137. The number of halogens is 3. The number of aromatic hydroxyl groups is 1. The zero-order valence-electron chi connectivity index (χ0n) is 15.1. The first kappa shape index (κ1) is 18.7. The first-order chi connectivity index (χ1) is 13.9. The van der Waals surface area contributed by atoms with Gasteiger partial charge in [0, 0.05) is 29.0 Å². The topological polar surface area (TPSA) is 49.2 Å². The SMILES string of the molecule is Oc1c(CN(c2ccc(C(F)(F)F)cc2)c2ccccn2)ccc2cccnc12. The van der Waals surface area contributed by atoms with Gasteiger partial charge in [-0.1, -0.05) is 24.3 Å². The molecule has 0 saturated heterocycles. The molecule has 0 aliphatic rings. The molecule has 4 nitrogen and oxygen atoms in total. The Morgan fingerprint density at radius 3 is 2.28 bits per heavy atom. The highest BCUT2D eigenvalue weighted by molar-refractivity contribution is 5.85. The molecule has 0 aliphatic heterocycles. The molecule has 2 aromatic carbocycles. The first-order valence-corrected chi connectivity index (χ1v) is 8.85. The monoisotopic (exact) mass is 395 g/mol. The predicted octanol–water partition coefficient (Wildman–Crippen LogP) is 5.69. The van der Waals surface area contributed by atoms with E-state index in [0.29, 0.717) is 22.6 Å². The summed E-state index contributed by atoms with van der Waals surface area (Å²) in [7, 11) is 0. The van der Waals surface area contributed by atoms with Crippen molar-refractivity contribution in [3.8, 4) is 5.75 Å². The van der Waals surface area contributed by atoms with Gasteiger partial charge in [0.1, 0.15) is 17.1 Å². The van der Waals surface area contributed by atoms with E-state index >= 15 is 0 Å². The Labute approximate surface area is 164 Å². The average molecular weight is 395 g/mol. The molecule has 0 spiro atoms. The molecule has 0 saturated carbocycles. The van der Waals surface area contributed by atoms with Crippen LogP contribution in [0.4, 0.5) is 24.7 Å². The Morgan fingerprint density at radius 1 is 0.828 bits per heavy atom. The molecule has 146 valence electrons. The highest BCUT2D eigenvalue weighted by Gasteiger charge is 2.30. The van der Waals surface area contributed by atoms with Crippen molar-refractivity contribution in [2.75, 3.05) is 4.90 Å². The standard InChI is InChI=1S/C22H16F3N3O/c23-22(24,25)17-8-10-18(11-9-17)28(19-5-1-2-12-26-19)14-16-7-6-15-4-3-13-27-20(15)21(16)29/h1-13,29H,14H2. The first-order valence-electron chi connectivity index (χ1n) is 8.85. The van der Waals surface area contributed by atoms with E-state index in [1.165, 1.54) is 12.1 Å². The highest BCUT2D eigenvalue weighted by atomic mass is 19.4. The second kappa shape index (κ2) is 7.43. The molecule has 0 unspecified atom stereocenters. The molecule has 2 heterocycles. The van der Waals surface area contributed by atoms with Gasteiger partial charge in [-0.25, -0.2) is 4.98 Å². The lowest BCUT2D eigenvalue weighted by atomic mass is 10.1. The van der Waals surface area contributed by atoms with E-state index in [9.17, 15) is 18.3 Å². The molecule has 0 atom stereocenters. The lowest BCUT2D eigenvalue weighted by Gasteiger charge is -2.25. The van der Waals surface area contributed by atoms with Crippen molar-refractivity contribution in [3.63, 3.8) is 0 Å². The van der Waals surface area contributed by atoms with Crippen molar-refractivity contribution in [1.82, 2.24) is 9.97 Å². The molecule has 0 radical (unpaired) electrons. The van der Waals surface area contributed by atoms with Gasteiger partial charge < -0.3 is 10.0 Å². The largest absolute Gasteiger partial charge is 0.505 e. The number of hydrogen-bond donors (Lipinski definition) is 1. The number of fused-ring (bicyclic) bond motifs is 1. The Morgan fingerprint density at radius 2 is 1.59 bits per heavy atom. The molecular weight excluding hydrogens is 379 g/mol. The van der Waals surface area contributed by atoms with Crippen molar-refractivity contribution in [3.05, 3.63) is 90.3 Å². The zero-order valence-corrected chi connectivity index (χ0v) is 15.1. The number of hydrogen-bond acceptors (Lipinski definition) is 4. The minimum absolute atomic E-state index is 0.0379. The van der Waals surface area contributed by atoms with E-state index in [2.05, 4.69) is 9.97 Å². The number of nitrogens with zero attached hydrogens (tertiary/aromatic N) is 3. The molecule has 2 aromatic heterocycles. The number of alkyl halides is 3. The Balaban J connectivity index is 1.75. The predicted molar refractivity (Wildman–Crippen MR) is 105 cm³/mol. The molecule has 1 N–H and O–H groups in total. The van der Waals surface area contributed by atoms with Crippen LogP contribution < -0.4 is 4.90 Å². The smallest absolute Gasteiger partial charge is 0.416 e. The van der Waals surface area contributed by atoms with E-state index in [1.54, 1.807) is 47.6 Å². The fourth-order valence-electron chi connectivity index (χ4n) is 3.12. The number of aromatic nitrogens is 2. The van der Waals surface area contributed by atoms with Crippen LogP contribution in [-0.4, -0.2) is 15.1 Å². The average Bonchev–Trinajstić information content (AvgIpc) is 2.74. The van der Waals surface area contributed by atoms with Crippen LogP contribution in [0.25, 0.3) is 10.9 Å². The van der Waals surface area contributed by atoms with Crippen LogP contribution in [0.5, 0.6) is 5.75 Å². The van der Waals surface area contributed by atoms with Crippen molar-refractivity contribution in [2.45, 2.75) is 12.7 Å². The van der Waals surface area contributed by atoms with Crippen molar-refractivity contribution in [2.24, 2.45) is 0 Å². The quantitative estimate of drug-likeness (QED) is 0.482. The maximum atomic E-state index is 12.9. The van der Waals surface area contributed by atoms with Gasteiger partial charge in [0.05, 0.1) is 12.1 Å². The molecule has 0 amide bonds. The molecule has 7 heteroatoms. The molecule has 29 heavy (non-hydrogen) atoms. The van der Waals surface area contributed by atoms with Gasteiger partial charge in [-0.15, -0.1) is 0 Å². The maximum Gasteiger partial charge on any atom is 0.416 e. The summed E-state index contributed by atoms with van der Waals surface area (Å²) in [6, 6.07) is 17.4. The van der Waals surface area contributed by atoms with Gasteiger partial charge in [0.2, 0.25) is 0 Å². The molecule has 4 aromatic rings. The molecule has 0 fully saturated rings. The molecule has 0 aliphatic carbocycles. The summed E-state index contributed by atoms with van der Waals surface area (Å²) in [6.45, 7) is 0.209. The minimum atomic E-state index is -4.41. The Hall–Kier alpha value is -3.61. The third kappa shape index (κ3) is 3.85. The minimum Gasteiger partial charge on any atom is -0.505 e. The summed E-state index contributed by atoms with van der Waals surface area (Å²) in [5, 5.41) is 11.5. The summed E-state index contributed by atoms with van der Waals surface area (Å²) < 4.78 is 38.8. The maximum absolute atomic E-state index is 12.9. The van der Waals surface area contributed by atoms with Crippen LogP contribution in [0.15, 0.2) is 79.1 Å². The van der Waals surface area contributed by atoms with Crippen LogP contribution in [-0.2, 0) is 12.7 Å². The second-order valence-corrected chi connectivity index (χ2v) is 6.47. The van der Waals surface area contributed by atoms with E-state index < -0.39 is 11.7 Å². The third-order valence-corrected chi connectivity index (χ3v) is 4.59. The van der Waals surface area contributed by atoms with E-state index in [-0.39, 0.29) is 12.3 Å². The van der Waals surface area contributed by atoms with Gasteiger partial charge in [-0.3, -0.25) is 4.98 Å². The number of phenolic OH excluding ortho intramolecular Hbond substituents is 1. The van der Waals surface area contributed by atoms with Crippen LogP contribution in [0, 0.1) is 0 Å². The summed E-state index contributed by atoms with van der Waals surface area (Å²) in [5.41, 5.74) is 0.859. The Kier molecular flexibility index (Phi) is 4.80. The van der Waals surface area contributed by atoms with Gasteiger partial charge in [-0.2, -0.15) is 13.2 Å². The number of phenols is 1. The summed E-state index contributed by atoms with van der Waals surface area (Å²) in [4.78, 5) is 10.3. The van der Waals surface area contributed by atoms with E-state index in [0.717, 1.165) is 17.5 Å². The van der Waals surface area contributed by atoms with Gasteiger partial charge in [0.25, 0.3) is 0 Å². The van der Waals surface area contributed by atoms with E-state index in [1.807, 2.05) is 12.1 Å². The number of pyridine rings is 2. The van der Waals surface area contributed by atoms with E-state index in [4.69, 9.17) is 0 Å². The van der Waals surface area contributed by atoms with Gasteiger partial charge >= 0.3 is 6.18 Å². The summed E-state index contributed by atoms with van der Waals surface area (Å²) >= 11 is 0. The highest BCUT2D eigenvalue weighted by Crippen LogP contribution is 2.34. The summed E-state index contributed by atoms with van der Waals surface area (Å²) in [5.74, 6) is 0.587. The normalized spacial score (nSPS) is 11.6. The van der Waals surface area contributed by atoms with Gasteiger partial charge in [-0.05, 0) is 42.5 Å². The van der Waals surface area contributed by atoms with Crippen LogP contribution in [0.2, 0.25) is 0 Å². The number of benzene rings is 2. The third-order valence-electron chi connectivity index (χ3n) is 4.59. The fourth-order valence-corrected chi connectivity index (χ4v) is 3.12. The number of anilines is 2. The molecular formula is C22H16F3N3O. The Bertz CT molecular complexity index is 1130. The van der Waals surface area contributed by atoms with Crippen LogP contribution in [0.3, 0.4) is 0 Å². The van der Waals surface area contributed by atoms with Gasteiger partial charge in [0.15, 0.2) is 0 Å². The molecule has 0 bridgehead atoms. The lowest BCUT2D eigenvalue weighted by Crippen LogP contribution is -2.18. The number of rotatable bonds is 4. The summed E-state index contributed by atoms with van der Waals surface area (Å²) in [6.07, 6.45) is -1.21. The van der Waals surface area contributed by atoms with Crippen molar-refractivity contribution >= 4 is 22.4 Å². The van der Waals surface area contributed by atoms with Crippen LogP contribution >= 0.6 is 0 Å². The van der Waals surface area contributed by atoms with Crippen LogP contribution in [0.1, 0.15) is 11.1 Å². The van der Waals surface area contributed by atoms with Crippen molar-refractivity contribution in [1.29, 1.82) is 0 Å².